The van der Waals surface area contributed by atoms with Crippen molar-refractivity contribution < 1.29 is 4.39 Å². The molecule has 0 saturated carbocycles. The maximum atomic E-state index is 13.7. The van der Waals surface area contributed by atoms with Crippen LogP contribution in [-0.2, 0) is 0 Å². The van der Waals surface area contributed by atoms with E-state index in [4.69, 9.17) is 5.73 Å². The Kier molecular flexibility index (Phi) is 4.58. The van der Waals surface area contributed by atoms with Crippen molar-refractivity contribution in [1.29, 1.82) is 0 Å². The number of nitrogens with two attached hydrogens (primary N) is 1. The molecule has 0 aliphatic carbocycles. The second-order valence-corrected chi connectivity index (χ2v) is 6.05. The minimum absolute atomic E-state index is 0.129. The Morgan fingerprint density at radius 2 is 2.16 bits per heavy atom. The molecule has 1 fully saturated rings. The van der Waals surface area contributed by atoms with Crippen molar-refractivity contribution in [2.75, 3.05) is 19.6 Å². The molecule has 0 radical (unpaired) electrons. The number of nitrogens with zero attached hydrogens (tertiary/aromatic N) is 1. The van der Waals surface area contributed by atoms with Gasteiger partial charge in [0.15, 0.2) is 0 Å². The fourth-order valence-electron chi connectivity index (χ4n) is 2.96. The molecule has 0 bridgehead atoms. The Balaban J connectivity index is 2.14. The molecule has 1 heterocycles. The van der Waals surface area contributed by atoms with Gasteiger partial charge in [-0.3, -0.25) is 4.90 Å². The number of hydrogen-bond acceptors (Lipinski definition) is 2. The maximum absolute atomic E-state index is 13.7. The van der Waals surface area contributed by atoms with E-state index in [1.807, 2.05) is 12.1 Å². The molecule has 19 heavy (non-hydrogen) atoms. The van der Waals surface area contributed by atoms with Crippen LogP contribution in [0.5, 0.6) is 0 Å². The van der Waals surface area contributed by atoms with Gasteiger partial charge in [-0.2, -0.15) is 0 Å². The van der Waals surface area contributed by atoms with Crippen LogP contribution in [-0.4, -0.2) is 24.5 Å². The lowest BCUT2D eigenvalue weighted by Crippen LogP contribution is -2.32. The number of hydrogen-bond donors (Lipinski definition) is 1. The Bertz CT molecular complexity index is 431. The molecular weight excluding hydrogens is 239 g/mol. The van der Waals surface area contributed by atoms with Crippen LogP contribution < -0.4 is 5.73 Å². The fourth-order valence-corrected chi connectivity index (χ4v) is 2.96. The van der Waals surface area contributed by atoms with E-state index < -0.39 is 0 Å². The zero-order chi connectivity index (χ0) is 14.0. The average molecular weight is 264 g/mol. The monoisotopic (exact) mass is 264 g/mol. The highest BCUT2D eigenvalue weighted by Gasteiger charge is 2.30. The van der Waals surface area contributed by atoms with Gasteiger partial charge in [0, 0.05) is 19.1 Å². The molecule has 0 amide bonds. The van der Waals surface area contributed by atoms with Crippen LogP contribution in [0.1, 0.15) is 37.4 Å². The third-order valence-corrected chi connectivity index (χ3v) is 4.44. The largest absolute Gasteiger partial charge is 0.329 e. The first-order valence-corrected chi connectivity index (χ1v) is 7.23. The van der Waals surface area contributed by atoms with Crippen molar-refractivity contribution in [2.24, 2.45) is 17.6 Å². The summed E-state index contributed by atoms with van der Waals surface area (Å²) < 4.78 is 13.7. The van der Waals surface area contributed by atoms with Crippen molar-refractivity contribution in [3.8, 4) is 0 Å². The highest BCUT2D eigenvalue weighted by Crippen LogP contribution is 2.31. The van der Waals surface area contributed by atoms with Crippen molar-refractivity contribution in [3.63, 3.8) is 0 Å². The zero-order valence-corrected chi connectivity index (χ0v) is 12.2. The molecule has 2 nitrogen and oxygen atoms in total. The van der Waals surface area contributed by atoms with Crippen LogP contribution in [0.3, 0.4) is 0 Å². The van der Waals surface area contributed by atoms with Gasteiger partial charge in [0.25, 0.3) is 0 Å². The highest BCUT2D eigenvalue weighted by molar-refractivity contribution is 5.26. The minimum Gasteiger partial charge on any atom is -0.329 e. The molecule has 1 aromatic rings. The Labute approximate surface area is 115 Å². The smallest absolute Gasteiger partial charge is 0.126 e. The van der Waals surface area contributed by atoms with E-state index in [1.54, 1.807) is 13.0 Å². The highest BCUT2D eigenvalue weighted by atomic mass is 19.1. The van der Waals surface area contributed by atoms with Gasteiger partial charge in [-0.05, 0) is 48.9 Å². The quantitative estimate of drug-likeness (QED) is 0.905. The van der Waals surface area contributed by atoms with Gasteiger partial charge in [0.2, 0.25) is 0 Å². The number of aryl methyl sites for hydroxylation is 1. The van der Waals surface area contributed by atoms with E-state index in [1.165, 1.54) is 6.42 Å². The fraction of sp³-hybridized carbons (Fsp3) is 0.625. The van der Waals surface area contributed by atoms with Crippen molar-refractivity contribution in [2.45, 2.75) is 33.2 Å². The van der Waals surface area contributed by atoms with Crippen molar-refractivity contribution in [3.05, 3.63) is 35.1 Å². The molecule has 0 aromatic heterocycles. The summed E-state index contributed by atoms with van der Waals surface area (Å²) in [6.45, 7) is 9.04. The Hall–Kier alpha value is -0.930. The van der Waals surface area contributed by atoms with Crippen LogP contribution in [0.4, 0.5) is 4.39 Å². The number of halogens is 1. The van der Waals surface area contributed by atoms with Gasteiger partial charge >= 0.3 is 0 Å². The van der Waals surface area contributed by atoms with Gasteiger partial charge < -0.3 is 5.73 Å². The second-order valence-electron chi connectivity index (χ2n) is 6.05. The molecule has 1 aliphatic rings. The normalized spacial score (nSPS) is 22.1. The molecule has 2 atom stereocenters. The van der Waals surface area contributed by atoms with Gasteiger partial charge in [0.1, 0.15) is 5.82 Å². The third-order valence-electron chi connectivity index (χ3n) is 4.44. The summed E-state index contributed by atoms with van der Waals surface area (Å²) >= 11 is 0. The first-order valence-electron chi connectivity index (χ1n) is 7.23. The van der Waals surface area contributed by atoms with Crippen LogP contribution in [0, 0.1) is 24.6 Å². The maximum Gasteiger partial charge on any atom is 0.126 e. The van der Waals surface area contributed by atoms with E-state index in [0.29, 0.717) is 18.0 Å². The van der Waals surface area contributed by atoms with Crippen LogP contribution >= 0.6 is 0 Å². The topological polar surface area (TPSA) is 29.3 Å². The molecule has 1 saturated heterocycles. The summed E-state index contributed by atoms with van der Waals surface area (Å²) in [5.74, 6) is 1.32. The average Bonchev–Trinajstić information content (AvgIpc) is 2.84. The SMILES string of the molecule is Cc1ccc(C(CN)N2CCC(C(C)C)C2)cc1F. The lowest BCUT2D eigenvalue weighted by molar-refractivity contribution is 0.231. The number of likely N-dealkylation sites (tertiary alicyclic amines) is 1. The van der Waals surface area contributed by atoms with Gasteiger partial charge in [-0.1, -0.05) is 26.0 Å². The first-order chi connectivity index (χ1) is 9.02. The summed E-state index contributed by atoms with van der Waals surface area (Å²) in [6.07, 6.45) is 1.22. The van der Waals surface area contributed by atoms with Crippen molar-refractivity contribution in [1.82, 2.24) is 4.90 Å². The van der Waals surface area contributed by atoms with E-state index in [9.17, 15) is 4.39 Å². The summed E-state index contributed by atoms with van der Waals surface area (Å²) in [5.41, 5.74) is 7.63. The number of rotatable bonds is 4. The molecule has 2 unspecified atom stereocenters. The van der Waals surface area contributed by atoms with Gasteiger partial charge in [-0.15, -0.1) is 0 Å². The van der Waals surface area contributed by atoms with E-state index in [0.717, 1.165) is 24.6 Å². The lowest BCUT2D eigenvalue weighted by atomic mass is 9.95. The zero-order valence-electron chi connectivity index (χ0n) is 12.2. The van der Waals surface area contributed by atoms with Crippen molar-refractivity contribution >= 4 is 0 Å². The van der Waals surface area contributed by atoms with Gasteiger partial charge in [-0.25, -0.2) is 4.39 Å². The predicted octanol–water partition coefficient (Wildman–Crippen LogP) is 3.11. The Morgan fingerprint density at radius 3 is 2.68 bits per heavy atom. The molecule has 2 rings (SSSR count). The molecular formula is C16H25FN2. The van der Waals surface area contributed by atoms with E-state index >= 15 is 0 Å². The van der Waals surface area contributed by atoms with E-state index in [2.05, 4.69) is 18.7 Å². The number of benzene rings is 1. The summed E-state index contributed by atoms with van der Waals surface area (Å²) in [4.78, 5) is 2.41. The molecule has 1 aliphatic heterocycles. The molecule has 106 valence electrons. The molecule has 1 aromatic carbocycles. The molecule has 3 heteroatoms. The van der Waals surface area contributed by atoms with Crippen LogP contribution in [0.2, 0.25) is 0 Å². The summed E-state index contributed by atoms with van der Waals surface area (Å²) in [6, 6.07) is 5.66. The minimum atomic E-state index is -0.129. The molecule has 2 N–H and O–H groups in total. The molecule has 0 spiro atoms. The van der Waals surface area contributed by atoms with E-state index in [-0.39, 0.29) is 11.9 Å². The summed E-state index contributed by atoms with van der Waals surface area (Å²) in [5, 5.41) is 0. The Morgan fingerprint density at radius 1 is 1.42 bits per heavy atom. The first kappa shape index (κ1) is 14.5. The van der Waals surface area contributed by atoms with Gasteiger partial charge in [0.05, 0.1) is 0 Å². The van der Waals surface area contributed by atoms with Crippen LogP contribution in [0.25, 0.3) is 0 Å². The second kappa shape index (κ2) is 6.02. The lowest BCUT2D eigenvalue weighted by Gasteiger charge is -2.28. The summed E-state index contributed by atoms with van der Waals surface area (Å²) in [7, 11) is 0. The van der Waals surface area contributed by atoms with Crippen LogP contribution in [0.15, 0.2) is 18.2 Å². The predicted molar refractivity (Wildman–Crippen MR) is 77.5 cm³/mol. The standard InChI is InChI=1S/C16H25FN2/c1-11(2)14-6-7-19(10-14)16(9-18)13-5-4-12(3)15(17)8-13/h4-5,8,11,14,16H,6-7,9-10,18H2,1-3H3. The third kappa shape index (κ3) is 3.15.